The van der Waals surface area contributed by atoms with Crippen molar-refractivity contribution in [3.63, 3.8) is 0 Å². The van der Waals surface area contributed by atoms with Gasteiger partial charge in [0.1, 0.15) is 0 Å². The van der Waals surface area contributed by atoms with Crippen LogP contribution in [-0.4, -0.2) is 20.2 Å². The lowest BCUT2D eigenvalue weighted by atomic mass is 10.2. The van der Waals surface area contributed by atoms with E-state index in [-0.39, 0.29) is 11.5 Å². The van der Waals surface area contributed by atoms with Crippen LogP contribution >= 0.6 is 11.3 Å². The Morgan fingerprint density at radius 3 is 2.71 bits per heavy atom. The maximum Gasteiger partial charge on any atom is 0.416 e. The number of imidazole rings is 1. The fourth-order valence-electron chi connectivity index (χ4n) is 2.76. The summed E-state index contributed by atoms with van der Waals surface area (Å²) < 4.78 is 40.6. The molecular weight excluding hydrogens is 389 g/mol. The molecule has 1 N–H and O–H groups in total. The van der Waals surface area contributed by atoms with E-state index in [1.54, 1.807) is 22.9 Å². The number of alkyl halides is 3. The number of ketones is 1. The number of benzene rings is 1. The van der Waals surface area contributed by atoms with E-state index in [4.69, 9.17) is 0 Å². The van der Waals surface area contributed by atoms with E-state index >= 15 is 0 Å². The monoisotopic (exact) mass is 402 g/mol. The molecule has 142 valence electrons. The Balaban J connectivity index is 1.72. The predicted octanol–water partition coefficient (Wildman–Crippen LogP) is 5.42. The molecule has 0 aliphatic carbocycles. The maximum atomic E-state index is 12.9. The summed E-state index contributed by atoms with van der Waals surface area (Å²) in [5.41, 5.74) is 0.744. The zero-order valence-electron chi connectivity index (χ0n) is 14.5. The highest BCUT2D eigenvalue weighted by molar-refractivity contribution is 7.17. The van der Waals surface area contributed by atoms with Crippen molar-refractivity contribution in [2.45, 2.75) is 13.1 Å². The second-order valence-corrected chi connectivity index (χ2v) is 7.12. The van der Waals surface area contributed by atoms with Gasteiger partial charge in [-0.25, -0.2) is 9.97 Å². The number of carbonyl (C=O) groups is 1. The molecule has 0 bridgehead atoms. The molecule has 0 fully saturated rings. The van der Waals surface area contributed by atoms with E-state index in [9.17, 15) is 18.0 Å². The van der Waals surface area contributed by atoms with Crippen LogP contribution in [-0.2, 0) is 6.18 Å². The number of nitrogens with zero attached hydrogens (tertiary/aromatic N) is 3. The number of Topliss-reactive ketones (excluding diaryl/α,β-unsaturated/α-hetero) is 1. The fraction of sp³-hybridized carbons (Fsp3) is 0.105. The molecule has 9 heteroatoms. The molecule has 0 aliphatic heterocycles. The summed E-state index contributed by atoms with van der Waals surface area (Å²) in [6.45, 7) is 1.51. The van der Waals surface area contributed by atoms with Gasteiger partial charge >= 0.3 is 6.18 Å². The minimum Gasteiger partial charge on any atom is -0.337 e. The molecule has 0 unspecified atom stereocenters. The number of fused-ring (bicyclic) bond motifs is 1. The first-order chi connectivity index (χ1) is 13.3. The Labute approximate surface area is 161 Å². The second kappa shape index (κ2) is 6.75. The van der Waals surface area contributed by atoms with Crippen molar-refractivity contribution in [3.05, 3.63) is 65.4 Å². The zero-order valence-corrected chi connectivity index (χ0v) is 15.3. The molecule has 28 heavy (non-hydrogen) atoms. The summed E-state index contributed by atoms with van der Waals surface area (Å²) >= 11 is 1.35. The quantitative estimate of drug-likeness (QED) is 0.463. The van der Waals surface area contributed by atoms with E-state index in [2.05, 4.69) is 15.3 Å². The number of thiophene rings is 1. The van der Waals surface area contributed by atoms with Gasteiger partial charge in [0, 0.05) is 18.1 Å². The summed E-state index contributed by atoms with van der Waals surface area (Å²) in [6, 6.07) is 8.49. The van der Waals surface area contributed by atoms with Crippen LogP contribution in [0, 0.1) is 0 Å². The van der Waals surface area contributed by atoms with Crippen molar-refractivity contribution >= 4 is 34.3 Å². The van der Waals surface area contributed by atoms with Gasteiger partial charge in [-0.1, -0.05) is 6.07 Å². The molecule has 0 aliphatic rings. The van der Waals surface area contributed by atoms with Crippen LogP contribution in [0.15, 0.2) is 55.0 Å². The molecule has 5 nitrogen and oxygen atoms in total. The van der Waals surface area contributed by atoms with Gasteiger partial charge in [0.15, 0.2) is 17.2 Å². The number of hydrogen-bond acceptors (Lipinski definition) is 5. The molecule has 3 aromatic heterocycles. The first kappa shape index (κ1) is 18.2. The molecule has 0 atom stereocenters. The topological polar surface area (TPSA) is 59.3 Å². The Morgan fingerprint density at radius 1 is 1.18 bits per heavy atom. The molecule has 4 rings (SSSR count). The van der Waals surface area contributed by atoms with Crippen molar-refractivity contribution in [3.8, 4) is 10.6 Å². The Hall–Kier alpha value is -3.20. The number of rotatable bonds is 4. The fourth-order valence-corrected chi connectivity index (χ4v) is 3.67. The molecule has 3 heterocycles. The largest absolute Gasteiger partial charge is 0.416 e. The summed E-state index contributed by atoms with van der Waals surface area (Å²) in [7, 11) is 0. The van der Waals surface area contributed by atoms with Gasteiger partial charge in [-0.15, -0.1) is 11.3 Å². The van der Waals surface area contributed by atoms with Gasteiger partial charge in [-0.3, -0.25) is 9.20 Å². The lowest BCUT2D eigenvalue weighted by Crippen LogP contribution is -2.05. The molecule has 0 saturated carbocycles. The van der Waals surface area contributed by atoms with Crippen LogP contribution in [0.2, 0.25) is 0 Å². The second-order valence-electron chi connectivity index (χ2n) is 6.04. The average molecular weight is 402 g/mol. The van der Waals surface area contributed by atoms with Crippen molar-refractivity contribution in [2.24, 2.45) is 0 Å². The third-order valence-electron chi connectivity index (χ3n) is 4.09. The molecule has 0 radical (unpaired) electrons. The number of aromatic nitrogens is 3. The highest BCUT2D eigenvalue weighted by Crippen LogP contribution is 2.33. The third-order valence-corrected chi connectivity index (χ3v) is 5.29. The van der Waals surface area contributed by atoms with Crippen LogP contribution in [0.1, 0.15) is 22.2 Å². The lowest BCUT2D eigenvalue weighted by molar-refractivity contribution is -0.137. The Morgan fingerprint density at radius 2 is 2.00 bits per heavy atom. The predicted molar refractivity (Wildman–Crippen MR) is 101 cm³/mol. The lowest BCUT2D eigenvalue weighted by Gasteiger charge is -2.11. The first-order valence-electron chi connectivity index (χ1n) is 8.20. The smallest absolute Gasteiger partial charge is 0.337 e. The minimum absolute atomic E-state index is 0.0151. The van der Waals surface area contributed by atoms with Crippen LogP contribution < -0.4 is 5.32 Å². The number of anilines is 2. The van der Waals surface area contributed by atoms with E-state index in [1.165, 1.54) is 36.6 Å². The van der Waals surface area contributed by atoms with Gasteiger partial charge in [-0.2, -0.15) is 13.2 Å². The van der Waals surface area contributed by atoms with Gasteiger partial charge in [0.05, 0.1) is 27.2 Å². The van der Waals surface area contributed by atoms with Gasteiger partial charge in [-0.05, 0) is 37.3 Å². The minimum atomic E-state index is -4.43. The molecule has 0 amide bonds. The normalized spacial score (nSPS) is 11.7. The third kappa shape index (κ3) is 3.36. The van der Waals surface area contributed by atoms with Crippen molar-refractivity contribution in [2.75, 3.05) is 5.32 Å². The number of halogens is 3. The van der Waals surface area contributed by atoms with Crippen molar-refractivity contribution < 1.29 is 18.0 Å². The van der Waals surface area contributed by atoms with E-state index < -0.39 is 11.7 Å². The summed E-state index contributed by atoms with van der Waals surface area (Å²) in [5.74, 6) is 0.315. The molecule has 0 spiro atoms. The van der Waals surface area contributed by atoms with Crippen molar-refractivity contribution in [1.82, 2.24) is 14.4 Å². The summed E-state index contributed by atoms with van der Waals surface area (Å²) in [6.07, 6.45) is 0.463. The molecule has 1 aromatic carbocycles. The standard InChI is InChI=1S/C19H13F3N4OS/c1-11(27)15-5-6-16(28-15)14-10-24-18-17(23-7-8-26(14)18)25-13-4-2-3-12(9-13)19(20,21)22/h2-10H,1H3,(H,23,25). The van der Waals surface area contributed by atoms with E-state index in [0.29, 0.717) is 16.3 Å². The Bertz CT molecular complexity index is 1180. The summed E-state index contributed by atoms with van der Waals surface area (Å²) in [4.78, 5) is 21.6. The molecule has 0 saturated heterocycles. The highest BCUT2D eigenvalue weighted by Gasteiger charge is 2.30. The Kier molecular flexibility index (Phi) is 4.38. The number of carbonyl (C=O) groups excluding carboxylic acids is 1. The zero-order chi connectivity index (χ0) is 19.9. The summed E-state index contributed by atoms with van der Waals surface area (Å²) in [5, 5.41) is 2.90. The van der Waals surface area contributed by atoms with Crippen LogP contribution in [0.3, 0.4) is 0 Å². The van der Waals surface area contributed by atoms with Crippen LogP contribution in [0.5, 0.6) is 0 Å². The number of hydrogen-bond donors (Lipinski definition) is 1. The van der Waals surface area contributed by atoms with E-state index in [0.717, 1.165) is 22.7 Å². The van der Waals surface area contributed by atoms with Crippen LogP contribution in [0.4, 0.5) is 24.7 Å². The molecule has 4 aromatic rings. The first-order valence-corrected chi connectivity index (χ1v) is 9.02. The average Bonchev–Trinajstić information content (AvgIpc) is 3.28. The molecular formula is C19H13F3N4OS. The van der Waals surface area contributed by atoms with Gasteiger partial charge < -0.3 is 5.32 Å². The maximum absolute atomic E-state index is 12.9. The van der Waals surface area contributed by atoms with Gasteiger partial charge in [0.25, 0.3) is 0 Å². The van der Waals surface area contributed by atoms with Crippen LogP contribution in [0.25, 0.3) is 16.2 Å². The highest BCUT2D eigenvalue weighted by atomic mass is 32.1. The van der Waals surface area contributed by atoms with Gasteiger partial charge in [0.2, 0.25) is 0 Å². The van der Waals surface area contributed by atoms with Crippen molar-refractivity contribution in [1.29, 1.82) is 0 Å². The van der Waals surface area contributed by atoms with E-state index in [1.807, 2.05) is 6.07 Å². The SMILES string of the molecule is CC(=O)c1ccc(-c2cnc3c(Nc4cccc(C(F)(F)F)c4)nccn23)s1. The number of nitrogens with one attached hydrogen (secondary N) is 1.